The van der Waals surface area contributed by atoms with Gasteiger partial charge in [0.05, 0.1) is 6.20 Å². The van der Waals surface area contributed by atoms with E-state index in [1.54, 1.807) is 49.1 Å². The fourth-order valence-electron chi connectivity index (χ4n) is 1.75. The van der Waals surface area contributed by atoms with Crippen LogP contribution < -0.4 is 15.8 Å². The van der Waals surface area contributed by atoms with Gasteiger partial charge in [0.1, 0.15) is 11.6 Å². The molecular formula is C14H17ClN4O2. The highest BCUT2D eigenvalue weighted by Gasteiger charge is 2.15. The molecule has 0 radical (unpaired) electrons. The third kappa shape index (κ3) is 3.88. The number of aromatic nitrogens is 2. The van der Waals surface area contributed by atoms with Crippen molar-refractivity contribution in [3.8, 4) is 5.75 Å². The zero-order valence-corrected chi connectivity index (χ0v) is 12.6. The van der Waals surface area contributed by atoms with Gasteiger partial charge in [-0.05, 0) is 25.1 Å². The summed E-state index contributed by atoms with van der Waals surface area (Å²) in [5.41, 5.74) is 6.57. The second-order valence-electron chi connectivity index (χ2n) is 4.61. The maximum absolute atomic E-state index is 12.0. The predicted molar refractivity (Wildman–Crippen MR) is 81.0 cm³/mol. The molecular weight excluding hydrogens is 292 g/mol. The monoisotopic (exact) mass is 308 g/mol. The minimum Gasteiger partial charge on any atom is -0.481 e. The Morgan fingerprint density at radius 3 is 2.95 bits per heavy atom. The number of carbonyl (C=O) groups is 1. The first-order valence-electron chi connectivity index (χ1n) is 6.43. The number of carbonyl (C=O) groups excluding carboxylic acids is 1. The summed E-state index contributed by atoms with van der Waals surface area (Å²) in [5, 5.41) is 7.33. The summed E-state index contributed by atoms with van der Waals surface area (Å²) in [5.74, 6) is 0.836. The van der Waals surface area contributed by atoms with E-state index < -0.39 is 6.10 Å². The molecule has 7 heteroatoms. The van der Waals surface area contributed by atoms with Crippen LogP contribution in [-0.4, -0.2) is 21.8 Å². The molecule has 3 N–H and O–H groups in total. The molecule has 0 aliphatic rings. The molecule has 1 amide bonds. The van der Waals surface area contributed by atoms with Crippen LogP contribution in [0, 0.1) is 0 Å². The van der Waals surface area contributed by atoms with Gasteiger partial charge in [0.15, 0.2) is 6.10 Å². The molecule has 1 heterocycles. The first-order chi connectivity index (χ1) is 9.97. The number of nitrogens with one attached hydrogen (secondary N) is 1. The molecule has 1 atom stereocenters. The number of nitrogens with two attached hydrogens (primary N) is 1. The highest BCUT2D eigenvalue weighted by atomic mass is 35.5. The van der Waals surface area contributed by atoms with Crippen LogP contribution >= 0.6 is 11.6 Å². The molecule has 2 aromatic rings. The summed E-state index contributed by atoms with van der Waals surface area (Å²) in [4.78, 5) is 12.0. The van der Waals surface area contributed by atoms with Crippen molar-refractivity contribution >= 4 is 23.3 Å². The molecule has 2 rings (SSSR count). The zero-order valence-electron chi connectivity index (χ0n) is 11.8. The van der Waals surface area contributed by atoms with Crippen LogP contribution in [0.15, 0.2) is 30.5 Å². The van der Waals surface area contributed by atoms with Gasteiger partial charge in [-0.3, -0.25) is 9.48 Å². The van der Waals surface area contributed by atoms with Gasteiger partial charge in [0.2, 0.25) is 0 Å². The van der Waals surface area contributed by atoms with Crippen molar-refractivity contribution in [1.82, 2.24) is 15.1 Å². The SMILES string of the molecule is CC(Oc1cccc(Cl)c1)C(=O)NCc1cnn(C)c1N. The molecule has 112 valence electrons. The molecule has 0 spiro atoms. The summed E-state index contributed by atoms with van der Waals surface area (Å²) < 4.78 is 7.08. The molecule has 1 aromatic carbocycles. The molecule has 0 bridgehead atoms. The fourth-order valence-corrected chi connectivity index (χ4v) is 1.93. The largest absolute Gasteiger partial charge is 0.481 e. The quantitative estimate of drug-likeness (QED) is 0.881. The van der Waals surface area contributed by atoms with Crippen LogP contribution in [0.3, 0.4) is 0 Å². The summed E-state index contributed by atoms with van der Waals surface area (Å²) in [6.45, 7) is 1.98. The van der Waals surface area contributed by atoms with Crippen molar-refractivity contribution in [2.75, 3.05) is 5.73 Å². The number of nitrogens with zero attached hydrogens (tertiary/aromatic N) is 2. The Labute approximate surface area is 127 Å². The number of benzene rings is 1. The van der Waals surface area contributed by atoms with Crippen LogP contribution in [0.1, 0.15) is 12.5 Å². The van der Waals surface area contributed by atoms with Crippen LogP contribution in [0.2, 0.25) is 5.02 Å². The molecule has 21 heavy (non-hydrogen) atoms. The number of aryl methyl sites for hydroxylation is 1. The van der Waals surface area contributed by atoms with E-state index in [-0.39, 0.29) is 5.91 Å². The molecule has 1 unspecified atom stereocenters. The zero-order chi connectivity index (χ0) is 15.4. The lowest BCUT2D eigenvalue weighted by atomic mass is 10.3. The number of rotatable bonds is 5. The van der Waals surface area contributed by atoms with Gasteiger partial charge in [0.25, 0.3) is 5.91 Å². The van der Waals surface area contributed by atoms with Crippen molar-refractivity contribution < 1.29 is 9.53 Å². The maximum atomic E-state index is 12.0. The van der Waals surface area contributed by atoms with Crippen molar-refractivity contribution in [3.63, 3.8) is 0 Å². The average molecular weight is 309 g/mol. The maximum Gasteiger partial charge on any atom is 0.261 e. The van der Waals surface area contributed by atoms with Crippen molar-refractivity contribution in [2.45, 2.75) is 19.6 Å². The first-order valence-corrected chi connectivity index (χ1v) is 6.81. The van der Waals surface area contributed by atoms with E-state index in [2.05, 4.69) is 10.4 Å². The second kappa shape index (κ2) is 6.49. The Morgan fingerprint density at radius 1 is 1.57 bits per heavy atom. The third-order valence-electron chi connectivity index (χ3n) is 3.00. The smallest absolute Gasteiger partial charge is 0.261 e. The van der Waals surface area contributed by atoms with Gasteiger partial charge in [0, 0.05) is 24.2 Å². The van der Waals surface area contributed by atoms with Gasteiger partial charge in [-0.2, -0.15) is 5.10 Å². The van der Waals surface area contributed by atoms with E-state index in [1.807, 2.05) is 0 Å². The van der Waals surface area contributed by atoms with Crippen LogP contribution in [-0.2, 0) is 18.4 Å². The number of hydrogen-bond donors (Lipinski definition) is 2. The van der Waals surface area contributed by atoms with Crippen LogP contribution in [0.4, 0.5) is 5.82 Å². The lowest BCUT2D eigenvalue weighted by Gasteiger charge is -2.14. The molecule has 1 aromatic heterocycles. The molecule has 0 saturated heterocycles. The van der Waals surface area contributed by atoms with Gasteiger partial charge < -0.3 is 15.8 Å². The van der Waals surface area contributed by atoms with Gasteiger partial charge in [-0.25, -0.2) is 0 Å². The van der Waals surface area contributed by atoms with Gasteiger partial charge in [-0.1, -0.05) is 17.7 Å². The number of amides is 1. The number of ether oxygens (including phenoxy) is 1. The third-order valence-corrected chi connectivity index (χ3v) is 3.23. The van der Waals surface area contributed by atoms with E-state index in [0.717, 1.165) is 5.56 Å². The lowest BCUT2D eigenvalue weighted by Crippen LogP contribution is -2.36. The fraction of sp³-hybridized carbons (Fsp3) is 0.286. The van der Waals surface area contributed by atoms with E-state index in [9.17, 15) is 4.79 Å². The number of hydrogen-bond acceptors (Lipinski definition) is 4. The summed E-state index contributed by atoms with van der Waals surface area (Å²) >= 11 is 5.87. The Kier molecular flexibility index (Phi) is 4.70. The van der Waals surface area contributed by atoms with Crippen molar-refractivity contribution in [1.29, 1.82) is 0 Å². The van der Waals surface area contributed by atoms with Gasteiger partial charge in [-0.15, -0.1) is 0 Å². The first kappa shape index (κ1) is 15.2. The van der Waals surface area contributed by atoms with E-state index in [0.29, 0.717) is 23.1 Å². The highest BCUT2D eigenvalue weighted by molar-refractivity contribution is 6.30. The standard InChI is InChI=1S/C14H17ClN4O2/c1-9(21-12-5-3-4-11(15)6-12)14(20)17-7-10-8-18-19(2)13(10)16/h3-6,8-9H,7,16H2,1-2H3,(H,17,20). The molecule has 0 saturated carbocycles. The minimum atomic E-state index is -0.638. The summed E-state index contributed by atoms with van der Waals surface area (Å²) in [6, 6.07) is 6.90. The highest BCUT2D eigenvalue weighted by Crippen LogP contribution is 2.18. The summed E-state index contributed by atoms with van der Waals surface area (Å²) in [6.07, 6.45) is 0.985. The number of anilines is 1. The molecule has 6 nitrogen and oxygen atoms in total. The van der Waals surface area contributed by atoms with Crippen molar-refractivity contribution in [3.05, 3.63) is 41.0 Å². The predicted octanol–water partition coefficient (Wildman–Crippen LogP) is 1.74. The Balaban J connectivity index is 1.89. The number of nitrogen functional groups attached to an aromatic ring is 1. The van der Waals surface area contributed by atoms with Crippen molar-refractivity contribution in [2.24, 2.45) is 7.05 Å². The normalized spacial score (nSPS) is 12.0. The van der Waals surface area contributed by atoms with E-state index >= 15 is 0 Å². The Morgan fingerprint density at radius 2 is 2.33 bits per heavy atom. The number of halogens is 1. The molecule has 0 aliphatic carbocycles. The van der Waals surface area contributed by atoms with Crippen LogP contribution in [0.5, 0.6) is 5.75 Å². The lowest BCUT2D eigenvalue weighted by molar-refractivity contribution is -0.127. The van der Waals surface area contributed by atoms with Gasteiger partial charge >= 0.3 is 0 Å². The molecule has 0 fully saturated rings. The van der Waals surface area contributed by atoms with E-state index in [4.69, 9.17) is 22.1 Å². The summed E-state index contributed by atoms with van der Waals surface area (Å²) in [7, 11) is 1.74. The van der Waals surface area contributed by atoms with E-state index in [1.165, 1.54) is 0 Å². The minimum absolute atomic E-state index is 0.238. The second-order valence-corrected chi connectivity index (χ2v) is 5.05. The Hall–Kier alpha value is -2.21. The topological polar surface area (TPSA) is 82.2 Å². The van der Waals surface area contributed by atoms with Crippen LogP contribution in [0.25, 0.3) is 0 Å². The molecule has 0 aliphatic heterocycles. The Bertz CT molecular complexity index is 642. The average Bonchev–Trinajstić information content (AvgIpc) is 2.76.